The number of nitrogens with two attached hydrogens (primary N) is 1. The second kappa shape index (κ2) is 5.99. The van der Waals surface area contributed by atoms with Gasteiger partial charge in [0, 0.05) is 10.6 Å². The van der Waals surface area contributed by atoms with E-state index in [0.717, 1.165) is 5.56 Å². The lowest BCUT2D eigenvalue weighted by Crippen LogP contribution is -2.02. The highest BCUT2D eigenvalue weighted by Gasteiger charge is 2.21. The fourth-order valence-electron chi connectivity index (χ4n) is 2.71. The van der Waals surface area contributed by atoms with Gasteiger partial charge in [-0.25, -0.2) is 0 Å². The van der Waals surface area contributed by atoms with Crippen LogP contribution in [-0.4, -0.2) is 31.9 Å². The molecule has 134 valence electrons. The zero-order valence-corrected chi connectivity index (χ0v) is 14.4. The largest absolute Gasteiger partial charge is 0.454 e. The molecule has 9 nitrogen and oxygen atoms in total. The molecule has 5 rings (SSSR count). The monoisotopic (exact) mass is 382 g/mol. The van der Waals surface area contributed by atoms with Crippen molar-refractivity contribution in [3.63, 3.8) is 0 Å². The average Bonchev–Trinajstić information content (AvgIpc) is 3.40. The number of anilines is 1. The molecular formula is C17H11ClN6O3. The Morgan fingerprint density at radius 3 is 2.85 bits per heavy atom. The van der Waals surface area contributed by atoms with Crippen LogP contribution < -0.4 is 15.2 Å². The highest BCUT2D eigenvalue weighted by atomic mass is 35.5. The van der Waals surface area contributed by atoms with Crippen LogP contribution in [0.15, 0.2) is 47.0 Å². The average molecular weight is 383 g/mol. The number of nitrogen functional groups attached to an aromatic ring is 1. The summed E-state index contributed by atoms with van der Waals surface area (Å²) in [4.78, 5) is 4.37. The van der Waals surface area contributed by atoms with Crippen molar-refractivity contribution in [2.24, 2.45) is 0 Å². The van der Waals surface area contributed by atoms with E-state index >= 15 is 0 Å². The van der Waals surface area contributed by atoms with Gasteiger partial charge in [0.15, 0.2) is 23.0 Å². The van der Waals surface area contributed by atoms with Gasteiger partial charge >= 0.3 is 0 Å². The van der Waals surface area contributed by atoms with Gasteiger partial charge < -0.3 is 19.7 Å². The lowest BCUT2D eigenvalue weighted by Gasteiger charge is -2.02. The van der Waals surface area contributed by atoms with E-state index in [1.54, 1.807) is 30.3 Å². The maximum atomic E-state index is 6.17. The molecule has 0 unspecified atom stereocenters. The molecule has 27 heavy (non-hydrogen) atoms. The summed E-state index contributed by atoms with van der Waals surface area (Å²) in [6.45, 7) is 0.194. The molecule has 0 saturated heterocycles. The highest BCUT2D eigenvalue weighted by molar-refractivity contribution is 6.30. The van der Waals surface area contributed by atoms with Crippen molar-refractivity contribution in [2.45, 2.75) is 0 Å². The molecule has 1 aliphatic rings. The van der Waals surface area contributed by atoms with Gasteiger partial charge in [0.25, 0.3) is 5.89 Å². The molecule has 0 fully saturated rings. The van der Waals surface area contributed by atoms with Gasteiger partial charge in [0.1, 0.15) is 0 Å². The maximum Gasteiger partial charge on any atom is 0.282 e. The molecule has 2 N–H and O–H groups in total. The summed E-state index contributed by atoms with van der Waals surface area (Å²) in [5.74, 6) is 2.10. The topological polar surface area (TPSA) is 114 Å². The summed E-state index contributed by atoms with van der Waals surface area (Å²) < 4.78 is 17.4. The van der Waals surface area contributed by atoms with E-state index in [1.807, 2.05) is 12.1 Å². The molecule has 0 aliphatic carbocycles. The first-order chi connectivity index (χ1) is 13.2. The van der Waals surface area contributed by atoms with Crippen LogP contribution in [0.25, 0.3) is 28.7 Å². The van der Waals surface area contributed by atoms with Crippen molar-refractivity contribution in [3.8, 4) is 40.2 Å². The Kier molecular flexibility index (Phi) is 3.47. The van der Waals surface area contributed by atoms with Crippen LogP contribution in [0.5, 0.6) is 11.5 Å². The minimum atomic E-state index is 0.161. The van der Waals surface area contributed by atoms with Crippen molar-refractivity contribution < 1.29 is 14.0 Å². The minimum Gasteiger partial charge on any atom is -0.454 e. The van der Waals surface area contributed by atoms with Gasteiger partial charge in [0.05, 0.1) is 5.69 Å². The third-order valence-electron chi connectivity index (χ3n) is 4.02. The van der Waals surface area contributed by atoms with Crippen molar-refractivity contribution in [1.82, 2.24) is 25.1 Å². The summed E-state index contributed by atoms with van der Waals surface area (Å²) in [5, 5.41) is 12.7. The molecule has 0 saturated carbocycles. The molecule has 0 radical (unpaired) electrons. The number of nitrogens with zero attached hydrogens (tertiary/aromatic N) is 5. The molecular weight excluding hydrogens is 372 g/mol. The van der Waals surface area contributed by atoms with E-state index in [2.05, 4.69) is 20.5 Å². The molecule has 10 heteroatoms. The van der Waals surface area contributed by atoms with E-state index in [1.165, 1.54) is 4.68 Å². The number of ether oxygens (including phenoxy) is 2. The molecule has 0 amide bonds. The number of benzene rings is 2. The summed E-state index contributed by atoms with van der Waals surface area (Å²) in [5.41, 5.74) is 7.85. The van der Waals surface area contributed by atoms with Gasteiger partial charge in [0.2, 0.25) is 12.6 Å². The third kappa shape index (κ3) is 2.64. The lowest BCUT2D eigenvalue weighted by molar-refractivity contribution is 0.174. The van der Waals surface area contributed by atoms with Crippen LogP contribution in [0.3, 0.4) is 0 Å². The Labute approximate surface area is 157 Å². The van der Waals surface area contributed by atoms with Crippen LogP contribution in [0.4, 0.5) is 5.82 Å². The normalized spacial score (nSPS) is 12.5. The van der Waals surface area contributed by atoms with E-state index in [9.17, 15) is 0 Å². The van der Waals surface area contributed by atoms with Crippen molar-refractivity contribution in [2.75, 3.05) is 12.5 Å². The molecule has 3 heterocycles. The predicted octanol–water partition coefficient (Wildman–Crippen LogP) is 2.95. The molecule has 1 aliphatic heterocycles. The molecule has 0 spiro atoms. The Hall–Kier alpha value is -3.59. The number of halogens is 1. The minimum absolute atomic E-state index is 0.161. The number of aromatic nitrogens is 5. The third-order valence-corrected chi connectivity index (χ3v) is 4.25. The van der Waals surface area contributed by atoms with Crippen molar-refractivity contribution in [3.05, 3.63) is 47.5 Å². The fourth-order valence-corrected chi connectivity index (χ4v) is 2.90. The van der Waals surface area contributed by atoms with Gasteiger partial charge in [-0.05, 0) is 36.4 Å². The van der Waals surface area contributed by atoms with Gasteiger partial charge in [-0.2, -0.15) is 9.67 Å². The first-order valence-corrected chi connectivity index (χ1v) is 8.28. The Morgan fingerprint density at radius 1 is 1.07 bits per heavy atom. The quantitative estimate of drug-likeness (QED) is 0.575. The SMILES string of the molecule is Nc1c(-c2nc(-c3ccc4c(c3)OCO4)no2)nnn1-c1cccc(Cl)c1. The number of fused-ring (bicyclic) bond motifs is 1. The summed E-state index contributed by atoms with van der Waals surface area (Å²) >= 11 is 6.02. The zero-order chi connectivity index (χ0) is 18.4. The molecule has 2 aromatic carbocycles. The summed E-state index contributed by atoms with van der Waals surface area (Å²) in [6, 6.07) is 12.5. The first kappa shape index (κ1) is 15.6. The molecule has 4 aromatic rings. The van der Waals surface area contributed by atoms with E-state index in [4.69, 9.17) is 31.3 Å². The van der Waals surface area contributed by atoms with Crippen LogP contribution in [0.1, 0.15) is 0 Å². The van der Waals surface area contributed by atoms with Crippen molar-refractivity contribution >= 4 is 17.4 Å². The standard InChI is InChI=1S/C17H11ClN6O3/c18-10-2-1-3-11(7-10)24-15(19)14(21-23-24)17-20-16(22-27-17)9-4-5-12-13(6-9)26-8-25-12/h1-7H,8,19H2. The Bertz CT molecular complexity index is 1160. The van der Waals surface area contributed by atoms with Crippen LogP contribution in [0, 0.1) is 0 Å². The number of hydrogen-bond acceptors (Lipinski definition) is 8. The van der Waals surface area contributed by atoms with Gasteiger partial charge in [-0.15, -0.1) is 5.10 Å². The zero-order valence-electron chi connectivity index (χ0n) is 13.7. The van der Waals surface area contributed by atoms with E-state index in [0.29, 0.717) is 28.0 Å². The summed E-state index contributed by atoms with van der Waals surface area (Å²) in [7, 11) is 0. The van der Waals surface area contributed by atoms with E-state index < -0.39 is 0 Å². The molecule has 2 aromatic heterocycles. The Morgan fingerprint density at radius 2 is 1.96 bits per heavy atom. The van der Waals surface area contributed by atoms with Crippen LogP contribution >= 0.6 is 11.6 Å². The van der Waals surface area contributed by atoms with E-state index in [-0.39, 0.29) is 24.2 Å². The van der Waals surface area contributed by atoms with Gasteiger partial charge in [-0.1, -0.05) is 28.0 Å². The maximum absolute atomic E-state index is 6.17. The number of rotatable bonds is 3. The van der Waals surface area contributed by atoms with Crippen LogP contribution in [-0.2, 0) is 0 Å². The second-order valence-electron chi connectivity index (χ2n) is 5.71. The number of hydrogen-bond donors (Lipinski definition) is 1. The van der Waals surface area contributed by atoms with Crippen molar-refractivity contribution in [1.29, 1.82) is 0 Å². The molecule has 0 bridgehead atoms. The van der Waals surface area contributed by atoms with Gasteiger partial charge in [-0.3, -0.25) is 0 Å². The predicted molar refractivity (Wildman–Crippen MR) is 95.6 cm³/mol. The summed E-state index contributed by atoms with van der Waals surface area (Å²) in [6.07, 6.45) is 0. The smallest absolute Gasteiger partial charge is 0.282 e. The lowest BCUT2D eigenvalue weighted by atomic mass is 10.2. The van der Waals surface area contributed by atoms with Crippen LogP contribution in [0.2, 0.25) is 5.02 Å². The fraction of sp³-hybridized carbons (Fsp3) is 0.0588. The highest BCUT2D eigenvalue weighted by Crippen LogP contribution is 2.35. The second-order valence-corrected chi connectivity index (χ2v) is 6.14. The molecule has 0 atom stereocenters. The first-order valence-electron chi connectivity index (χ1n) is 7.90. The Balaban J connectivity index is 1.50.